The van der Waals surface area contributed by atoms with Crippen LogP contribution in [-0.4, -0.2) is 28.5 Å². The van der Waals surface area contributed by atoms with Crippen LogP contribution >= 0.6 is 11.3 Å². The highest BCUT2D eigenvalue weighted by molar-refractivity contribution is 7.07. The molecule has 0 radical (unpaired) electrons. The van der Waals surface area contributed by atoms with Gasteiger partial charge in [0.15, 0.2) is 0 Å². The third-order valence-corrected chi connectivity index (χ3v) is 6.85. The number of hydrogen-bond donors (Lipinski definition) is 2. The van der Waals surface area contributed by atoms with Gasteiger partial charge in [-0.05, 0) is 48.7 Å². The second kappa shape index (κ2) is 9.40. The smallest absolute Gasteiger partial charge is 0.332 e. The largest absolute Gasteiger partial charge is 0.466 e. The first-order chi connectivity index (χ1) is 16.8. The fraction of sp³-hybridized carbons (Fsp3) is 0.160. The van der Waals surface area contributed by atoms with Gasteiger partial charge in [0.25, 0.3) is 11.5 Å². The minimum absolute atomic E-state index is 0.0235. The maximum Gasteiger partial charge on any atom is 0.332 e. The summed E-state index contributed by atoms with van der Waals surface area (Å²) in [6.45, 7) is 3.89. The topological polar surface area (TPSA) is 140 Å². The Kier molecular flexibility index (Phi) is 6.36. The molecule has 0 fully saturated rings. The Morgan fingerprint density at radius 2 is 2.06 bits per heavy atom. The number of fused-ring (bicyclic) bond motifs is 1. The number of hydrogen-bond acceptors (Lipinski definition) is 8. The zero-order chi connectivity index (χ0) is 25.3. The van der Waals surface area contributed by atoms with Crippen LogP contribution in [0.4, 0.5) is 5.69 Å². The molecule has 1 aliphatic rings. The Morgan fingerprint density at radius 1 is 1.29 bits per heavy atom. The van der Waals surface area contributed by atoms with Crippen LogP contribution < -0.4 is 25.8 Å². The molecule has 0 saturated heterocycles. The number of methoxy groups -OCH3 is 1. The van der Waals surface area contributed by atoms with E-state index in [0.29, 0.717) is 11.3 Å². The lowest BCUT2D eigenvalue weighted by Gasteiger charge is -2.25. The second-order valence-corrected chi connectivity index (χ2v) is 8.91. The first-order valence-corrected chi connectivity index (χ1v) is 11.3. The van der Waals surface area contributed by atoms with E-state index in [4.69, 9.17) is 5.73 Å². The molecule has 9 nitrogen and oxygen atoms in total. The van der Waals surface area contributed by atoms with E-state index in [-0.39, 0.29) is 26.2 Å². The molecule has 0 aliphatic carbocycles. The number of rotatable bonds is 4. The molecule has 0 bridgehead atoms. The molecule has 35 heavy (non-hydrogen) atoms. The highest BCUT2D eigenvalue weighted by atomic mass is 32.1. The van der Waals surface area contributed by atoms with Gasteiger partial charge in [-0.2, -0.15) is 5.26 Å². The lowest BCUT2D eigenvalue weighted by Crippen LogP contribution is -2.40. The number of pyridine rings is 1. The number of nitrogens with two attached hydrogens (primary N) is 1. The van der Waals surface area contributed by atoms with Crippen LogP contribution in [0.15, 0.2) is 53.1 Å². The molecule has 1 unspecified atom stereocenters. The van der Waals surface area contributed by atoms with Crippen molar-refractivity contribution in [3.63, 3.8) is 0 Å². The summed E-state index contributed by atoms with van der Waals surface area (Å²) in [6.07, 6.45) is 4.15. The molecule has 176 valence electrons. The van der Waals surface area contributed by atoms with Crippen molar-refractivity contribution < 1.29 is 14.3 Å². The van der Waals surface area contributed by atoms with Gasteiger partial charge in [-0.3, -0.25) is 19.1 Å². The molecule has 3 aromatic rings. The van der Waals surface area contributed by atoms with Crippen LogP contribution in [0.3, 0.4) is 0 Å². The quantitative estimate of drug-likeness (QED) is 0.526. The van der Waals surface area contributed by atoms with Gasteiger partial charge in [0, 0.05) is 24.2 Å². The molecule has 1 aliphatic heterocycles. The van der Waals surface area contributed by atoms with Crippen LogP contribution in [0, 0.1) is 25.2 Å². The fourth-order valence-electron chi connectivity index (χ4n) is 3.83. The standard InChI is InChI=1S/C25H21N5O4S/c1-13-6-7-16(9-14(13)2)29-23(32)21-20(15-5-4-8-28-12-15)17(11-26)22(27)30-24(33)18(35-25(21)30)10-19(31)34-3/h4-10,12,20H,27H2,1-3H3,(H,29,32)/b18-10-. The van der Waals surface area contributed by atoms with E-state index in [2.05, 4.69) is 21.1 Å². The van der Waals surface area contributed by atoms with Crippen molar-refractivity contribution in [2.45, 2.75) is 19.8 Å². The summed E-state index contributed by atoms with van der Waals surface area (Å²) in [5.74, 6) is -2.22. The third-order valence-electron chi connectivity index (χ3n) is 5.75. The second-order valence-electron chi connectivity index (χ2n) is 7.88. The number of aryl methyl sites for hydroxylation is 2. The number of carbonyl (C=O) groups excluding carboxylic acids is 2. The Labute approximate surface area is 204 Å². The summed E-state index contributed by atoms with van der Waals surface area (Å²) in [5.41, 5.74) is 9.02. The molecule has 2 aromatic heterocycles. The molecular weight excluding hydrogens is 466 g/mol. The van der Waals surface area contributed by atoms with Crippen LogP contribution in [-0.2, 0) is 14.3 Å². The molecule has 10 heteroatoms. The number of benzene rings is 1. The molecule has 1 aromatic carbocycles. The van der Waals surface area contributed by atoms with E-state index in [1.165, 1.54) is 7.11 Å². The summed E-state index contributed by atoms with van der Waals surface area (Å²) in [4.78, 5) is 42.8. The lowest BCUT2D eigenvalue weighted by atomic mass is 9.84. The number of aromatic nitrogens is 2. The number of thiazole rings is 1. The van der Waals surface area contributed by atoms with E-state index in [0.717, 1.165) is 33.1 Å². The summed E-state index contributed by atoms with van der Waals surface area (Å²) < 4.78 is 5.99. The van der Waals surface area contributed by atoms with E-state index in [9.17, 15) is 19.6 Å². The molecule has 4 rings (SSSR count). The number of amides is 1. The Morgan fingerprint density at radius 3 is 2.69 bits per heavy atom. The highest BCUT2D eigenvalue weighted by Gasteiger charge is 2.35. The van der Waals surface area contributed by atoms with Crippen molar-refractivity contribution in [1.82, 2.24) is 9.55 Å². The Bertz CT molecular complexity index is 1610. The average Bonchev–Trinajstić information content (AvgIpc) is 3.17. The van der Waals surface area contributed by atoms with Crippen LogP contribution in [0.25, 0.3) is 17.5 Å². The average molecular weight is 488 g/mol. The van der Waals surface area contributed by atoms with Gasteiger partial charge in [-0.15, -0.1) is 11.3 Å². The van der Waals surface area contributed by atoms with Crippen molar-refractivity contribution in [3.05, 3.63) is 84.5 Å². The fourth-order valence-corrected chi connectivity index (χ4v) is 4.97. The maximum absolute atomic E-state index is 13.7. The molecular formula is C25H21N5O4S. The zero-order valence-corrected chi connectivity index (χ0v) is 20.0. The van der Waals surface area contributed by atoms with Crippen molar-refractivity contribution in [2.24, 2.45) is 5.73 Å². The van der Waals surface area contributed by atoms with Crippen molar-refractivity contribution in [3.8, 4) is 6.07 Å². The molecule has 1 atom stereocenters. The first kappa shape index (κ1) is 23.7. The molecule has 0 saturated carbocycles. The van der Waals surface area contributed by atoms with Crippen molar-refractivity contribution in [2.75, 3.05) is 12.4 Å². The van der Waals surface area contributed by atoms with Gasteiger partial charge < -0.3 is 15.8 Å². The Balaban J connectivity index is 2.03. The number of carbonyl (C=O) groups is 2. The predicted octanol–water partition coefficient (Wildman–Crippen LogP) is 1.11. The highest BCUT2D eigenvalue weighted by Crippen LogP contribution is 2.36. The van der Waals surface area contributed by atoms with Crippen LogP contribution in [0.5, 0.6) is 0 Å². The van der Waals surface area contributed by atoms with E-state index in [1.807, 2.05) is 26.0 Å². The van der Waals surface area contributed by atoms with Gasteiger partial charge in [-0.25, -0.2) is 4.79 Å². The number of allylic oxidation sites excluding steroid dienone is 1. The summed E-state index contributed by atoms with van der Waals surface area (Å²) in [7, 11) is 1.19. The molecule has 0 spiro atoms. The van der Waals surface area contributed by atoms with Gasteiger partial charge in [0.1, 0.15) is 15.0 Å². The molecule has 3 N–H and O–H groups in total. The van der Waals surface area contributed by atoms with Gasteiger partial charge >= 0.3 is 5.97 Å². The normalized spacial score (nSPS) is 15.4. The number of ether oxygens (including phenoxy) is 1. The summed E-state index contributed by atoms with van der Waals surface area (Å²) in [6, 6.07) is 11.0. The van der Waals surface area contributed by atoms with E-state index in [1.54, 1.807) is 30.6 Å². The van der Waals surface area contributed by atoms with Crippen LogP contribution in [0.2, 0.25) is 0 Å². The van der Waals surface area contributed by atoms with Crippen LogP contribution in [0.1, 0.15) is 22.6 Å². The number of nitrogens with one attached hydrogen (secondary N) is 1. The Hall–Kier alpha value is -4.49. The van der Waals surface area contributed by atoms with Crippen molar-refractivity contribution in [1.29, 1.82) is 5.26 Å². The summed E-state index contributed by atoms with van der Waals surface area (Å²) in [5, 5.41) is 12.9. The SMILES string of the molecule is COC(=O)/C=c1\sc2n(c1=O)C(N)=C(C#N)C(c1cccnc1)C=2C(=O)Nc1ccc(C)c(C)c1. The van der Waals surface area contributed by atoms with E-state index >= 15 is 0 Å². The van der Waals surface area contributed by atoms with Crippen molar-refractivity contribution >= 4 is 46.4 Å². The lowest BCUT2D eigenvalue weighted by molar-refractivity contribution is -0.133. The first-order valence-electron chi connectivity index (χ1n) is 10.5. The maximum atomic E-state index is 13.7. The monoisotopic (exact) mass is 487 g/mol. The summed E-state index contributed by atoms with van der Waals surface area (Å²) >= 11 is 0.925. The number of nitrogens with zero attached hydrogens (tertiary/aromatic N) is 3. The predicted molar refractivity (Wildman–Crippen MR) is 132 cm³/mol. The van der Waals surface area contributed by atoms with Gasteiger partial charge in [0.05, 0.1) is 30.2 Å². The minimum Gasteiger partial charge on any atom is -0.466 e. The number of nitriles is 1. The number of esters is 1. The zero-order valence-electron chi connectivity index (χ0n) is 19.2. The minimum atomic E-state index is -0.871. The third kappa shape index (κ3) is 4.25. The molecule has 1 amide bonds. The van der Waals surface area contributed by atoms with E-state index < -0.39 is 23.4 Å². The number of anilines is 1. The van der Waals surface area contributed by atoms with Gasteiger partial charge in [-0.1, -0.05) is 12.1 Å². The van der Waals surface area contributed by atoms with Gasteiger partial charge in [0.2, 0.25) is 0 Å². The molecule has 3 heterocycles.